The molecule has 0 aromatic rings. The van der Waals surface area contributed by atoms with Crippen molar-refractivity contribution in [3.8, 4) is 0 Å². The van der Waals surface area contributed by atoms with Crippen molar-refractivity contribution in [3.05, 3.63) is 0 Å². The molecule has 2 aliphatic heterocycles. The van der Waals surface area contributed by atoms with Gasteiger partial charge in [-0.1, -0.05) is 20.3 Å². The van der Waals surface area contributed by atoms with Crippen LogP contribution < -0.4 is 5.32 Å². The van der Waals surface area contributed by atoms with Crippen LogP contribution in [-0.4, -0.2) is 61.2 Å². The maximum Gasteiger partial charge on any atom is 0.0346 e. The number of hydrogen-bond donors (Lipinski definition) is 1. The monoisotopic (exact) mass is 251 g/mol. The maximum atomic E-state index is 3.39. The Labute approximate surface area is 112 Å². The first-order valence-corrected chi connectivity index (χ1v) is 7.94. The van der Waals surface area contributed by atoms with Crippen LogP contribution in [0.4, 0.5) is 0 Å². The Hall–Kier alpha value is -0.120. The molecule has 18 heavy (non-hydrogen) atoms. The second-order valence-electron chi connectivity index (χ2n) is 6.76. The summed E-state index contributed by atoms with van der Waals surface area (Å²) >= 11 is 0. The number of nitrogens with one attached hydrogen (secondary N) is 1. The molecule has 0 amide bonds. The molecule has 0 bridgehead atoms. The van der Waals surface area contributed by atoms with Gasteiger partial charge in [0.1, 0.15) is 0 Å². The summed E-state index contributed by atoms with van der Waals surface area (Å²) in [5.74, 6) is 1.82. The molecule has 2 unspecified atom stereocenters. The van der Waals surface area contributed by atoms with Gasteiger partial charge in [-0.15, -0.1) is 0 Å². The van der Waals surface area contributed by atoms with Crippen molar-refractivity contribution >= 4 is 0 Å². The summed E-state index contributed by atoms with van der Waals surface area (Å²) in [4.78, 5) is 5.50. The van der Waals surface area contributed by atoms with Crippen LogP contribution in [0.15, 0.2) is 0 Å². The van der Waals surface area contributed by atoms with Gasteiger partial charge in [-0.2, -0.15) is 0 Å². The van der Waals surface area contributed by atoms with E-state index >= 15 is 0 Å². The minimum atomic E-state index is 0.841. The van der Waals surface area contributed by atoms with Crippen molar-refractivity contribution in [2.24, 2.45) is 11.8 Å². The Balaban J connectivity index is 1.54. The van der Waals surface area contributed by atoms with Crippen LogP contribution in [0.3, 0.4) is 0 Å². The molecular formula is C15H29N3. The van der Waals surface area contributed by atoms with Crippen molar-refractivity contribution in [1.82, 2.24) is 15.1 Å². The molecule has 2 heterocycles. The standard InChI is InChI=1S/C15H29N3/c1-12-4-3-5-13(2)15(12)18-8-6-17(7-9-18)14-10-16-11-14/h12-16H,3-11H2,1-2H3. The van der Waals surface area contributed by atoms with Crippen molar-refractivity contribution in [3.63, 3.8) is 0 Å². The lowest BCUT2D eigenvalue weighted by atomic mass is 9.77. The van der Waals surface area contributed by atoms with Crippen LogP contribution in [0.5, 0.6) is 0 Å². The lowest BCUT2D eigenvalue weighted by molar-refractivity contribution is 0.00687. The molecule has 0 aromatic heterocycles. The van der Waals surface area contributed by atoms with Gasteiger partial charge in [0.2, 0.25) is 0 Å². The molecule has 3 heteroatoms. The van der Waals surface area contributed by atoms with Crippen LogP contribution in [0, 0.1) is 11.8 Å². The molecule has 3 nitrogen and oxygen atoms in total. The summed E-state index contributed by atoms with van der Waals surface area (Å²) in [5, 5.41) is 3.39. The minimum Gasteiger partial charge on any atom is -0.314 e. The first kappa shape index (κ1) is 12.9. The van der Waals surface area contributed by atoms with Crippen LogP contribution in [-0.2, 0) is 0 Å². The maximum absolute atomic E-state index is 3.39. The Morgan fingerprint density at radius 3 is 1.89 bits per heavy atom. The quantitative estimate of drug-likeness (QED) is 0.800. The fourth-order valence-electron chi connectivity index (χ4n) is 4.32. The largest absolute Gasteiger partial charge is 0.314 e. The third kappa shape index (κ3) is 2.45. The van der Waals surface area contributed by atoms with E-state index in [1.54, 1.807) is 0 Å². The Bertz CT molecular complexity index is 259. The summed E-state index contributed by atoms with van der Waals surface area (Å²) in [6.07, 6.45) is 4.34. The van der Waals surface area contributed by atoms with Gasteiger partial charge < -0.3 is 5.32 Å². The third-order valence-electron chi connectivity index (χ3n) is 5.53. The van der Waals surface area contributed by atoms with E-state index in [0.717, 1.165) is 23.9 Å². The van der Waals surface area contributed by atoms with Crippen LogP contribution in [0.25, 0.3) is 0 Å². The zero-order valence-electron chi connectivity index (χ0n) is 12.1. The number of rotatable bonds is 2. The lowest BCUT2D eigenvalue weighted by Gasteiger charge is -2.49. The van der Waals surface area contributed by atoms with E-state index in [2.05, 4.69) is 29.0 Å². The van der Waals surface area contributed by atoms with Crippen molar-refractivity contribution in [2.45, 2.75) is 45.2 Å². The number of piperazine rings is 1. The zero-order valence-corrected chi connectivity index (χ0v) is 12.1. The van der Waals surface area contributed by atoms with E-state index in [9.17, 15) is 0 Å². The smallest absolute Gasteiger partial charge is 0.0346 e. The fraction of sp³-hybridized carbons (Fsp3) is 1.00. The highest BCUT2D eigenvalue weighted by atomic mass is 15.3. The summed E-state index contributed by atoms with van der Waals surface area (Å²) in [6.45, 7) is 12.6. The van der Waals surface area contributed by atoms with E-state index in [0.29, 0.717) is 0 Å². The summed E-state index contributed by atoms with van der Waals surface area (Å²) < 4.78 is 0. The molecule has 0 spiro atoms. The average Bonchev–Trinajstić information content (AvgIpc) is 2.29. The molecule has 0 aromatic carbocycles. The van der Waals surface area contributed by atoms with Crippen LogP contribution >= 0.6 is 0 Å². The Morgan fingerprint density at radius 1 is 0.833 bits per heavy atom. The lowest BCUT2D eigenvalue weighted by Crippen LogP contribution is -2.63. The van der Waals surface area contributed by atoms with Gasteiger partial charge in [0, 0.05) is 51.4 Å². The molecule has 3 rings (SSSR count). The van der Waals surface area contributed by atoms with Gasteiger partial charge in [-0.05, 0) is 24.7 Å². The SMILES string of the molecule is CC1CCCC(C)C1N1CCN(C2CNC2)CC1. The normalized spacial score (nSPS) is 40.7. The van der Waals surface area contributed by atoms with Crippen molar-refractivity contribution in [2.75, 3.05) is 39.3 Å². The number of hydrogen-bond acceptors (Lipinski definition) is 3. The average molecular weight is 251 g/mol. The van der Waals surface area contributed by atoms with E-state index in [4.69, 9.17) is 0 Å². The molecule has 1 aliphatic carbocycles. The second-order valence-corrected chi connectivity index (χ2v) is 6.76. The molecule has 2 saturated heterocycles. The van der Waals surface area contributed by atoms with E-state index < -0.39 is 0 Å². The van der Waals surface area contributed by atoms with E-state index in [1.165, 1.54) is 58.5 Å². The molecule has 1 saturated carbocycles. The van der Waals surface area contributed by atoms with Gasteiger partial charge in [0.05, 0.1) is 0 Å². The number of nitrogens with zero attached hydrogens (tertiary/aromatic N) is 2. The van der Waals surface area contributed by atoms with Crippen molar-refractivity contribution in [1.29, 1.82) is 0 Å². The van der Waals surface area contributed by atoms with Gasteiger partial charge in [0.15, 0.2) is 0 Å². The molecule has 104 valence electrons. The van der Waals surface area contributed by atoms with Gasteiger partial charge in [0.25, 0.3) is 0 Å². The highest BCUT2D eigenvalue weighted by Gasteiger charge is 2.35. The molecule has 2 atom stereocenters. The Kier molecular flexibility index (Phi) is 3.92. The summed E-state index contributed by atoms with van der Waals surface area (Å²) in [5.41, 5.74) is 0. The predicted molar refractivity (Wildman–Crippen MR) is 75.8 cm³/mol. The van der Waals surface area contributed by atoms with Gasteiger partial charge in [-0.25, -0.2) is 0 Å². The molecule has 3 aliphatic rings. The van der Waals surface area contributed by atoms with E-state index in [1.807, 2.05) is 0 Å². The van der Waals surface area contributed by atoms with E-state index in [-0.39, 0.29) is 0 Å². The molecular weight excluding hydrogens is 222 g/mol. The summed E-state index contributed by atoms with van der Waals surface area (Å²) in [6, 6.07) is 1.70. The first-order chi connectivity index (χ1) is 8.75. The topological polar surface area (TPSA) is 18.5 Å². The van der Waals surface area contributed by atoms with Gasteiger partial charge in [-0.3, -0.25) is 9.80 Å². The van der Waals surface area contributed by atoms with Crippen LogP contribution in [0.2, 0.25) is 0 Å². The summed E-state index contributed by atoms with van der Waals surface area (Å²) in [7, 11) is 0. The predicted octanol–water partition coefficient (Wildman–Crippen LogP) is 1.40. The van der Waals surface area contributed by atoms with Gasteiger partial charge >= 0.3 is 0 Å². The highest BCUT2D eigenvalue weighted by Crippen LogP contribution is 2.33. The fourth-order valence-corrected chi connectivity index (χ4v) is 4.32. The first-order valence-electron chi connectivity index (χ1n) is 7.94. The molecule has 3 fully saturated rings. The molecule has 0 radical (unpaired) electrons. The highest BCUT2D eigenvalue weighted by molar-refractivity contribution is 4.91. The second kappa shape index (κ2) is 5.48. The zero-order chi connectivity index (χ0) is 12.5. The molecule has 1 N–H and O–H groups in total. The van der Waals surface area contributed by atoms with Crippen molar-refractivity contribution < 1.29 is 0 Å². The Morgan fingerprint density at radius 2 is 1.39 bits per heavy atom. The van der Waals surface area contributed by atoms with Crippen LogP contribution in [0.1, 0.15) is 33.1 Å². The minimum absolute atomic E-state index is 0.841. The third-order valence-corrected chi connectivity index (χ3v) is 5.53.